The number of hydrogen-bond donors (Lipinski definition) is 0. The summed E-state index contributed by atoms with van der Waals surface area (Å²) >= 11 is 0. The Morgan fingerprint density at radius 1 is 0.914 bits per heavy atom. The van der Waals surface area contributed by atoms with Gasteiger partial charge in [0, 0.05) is 12.3 Å². The molecule has 0 aromatic carbocycles. The van der Waals surface area contributed by atoms with Crippen LogP contribution in [-0.4, -0.2) is 30.6 Å². The average molecular weight is 487 g/mol. The maximum absolute atomic E-state index is 12.2. The minimum atomic E-state index is -0.303. The Balaban J connectivity index is 1.18. The lowest BCUT2D eigenvalue weighted by atomic mass is 9.44. The van der Waals surface area contributed by atoms with Crippen LogP contribution in [-0.2, 0) is 19.0 Å². The molecular formula is C31H50O4. The lowest BCUT2D eigenvalue weighted by molar-refractivity contribution is -0.273. The van der Waals surface area contributed by atoms with Crippen LogP contribution in [0.4, 0.5) is 0 Å². The first-order chi connectivity index (χ1) is 16.6. The standard InChI is InChI=1S/C31H50O4/c1-18(2)28(32)34-22-10-12-29(5)21(15-22)7-8-23-24(29)11-13-30(6)25(23)16-26-27(30)20(4)31(35-26)14-9-19(3)17-33-31/h18-27H,7-17H2,1-6H3/t19-,20?,21?,22+,23?,24?,25?,26?,27?,29+,30+,31-/m1/s1. The predicted molar refractivity (Wildman–Crippen MR) is 136 cm³/mol. The smallest absolute Gasteiger partial charge is 0.308 e. The van der Waals surface area contributed by atoms with Crippen LogP contribution in [0.1, 0.15) is 106 Å². The van der Waals surface area contributed by atoms with E-state index in [1.165, 1.54) is 44.9 Å². The minimum absolute atomic E-state index is 0.0125. The van der Waals surface area contributed by atoms with E-state index in [1.807, 2.05) is 13.8 Å². The zero-order chi connectivity index (χ0) is 24.8. The molecule has 35 heavy (non-hydrogen) atoms. The van der Waals surface area contributed by atoms with Crippen LogP contribution in [0.15, 0.2) is 0 Å². The lowest BCUT2D eigenvalue weighted by Crippen LogP contribution is -2.55. The van der Waals surface area contributed by atoms with Crippen molar-refractivity contribution in [1.29, 1.82) is 0 Å². The first-order valence-electron chi connectivity index (χ1n) is 15.1. The van der Waals surface area contributed by atoms with Gasteiger partial charge >= 0.3 is 5.97 Å². The topological polar surface area (TPSA) is 44.8 Å². The molecule has 2 aliphatic heterocycles. The highest BCUT2D eigenvalue weighted by atomic mass is 16.7. The highest BCUT2D eigenvalue weighted by molar-refractivity contribution is 5.71. The second-order valence-electron chi connectivity index (χ2n) is 14.7. The number of carbonyl (C=O) groups is 1. The van der Waals surface area contributed by atoms with Crippen molar-refractivity contribution < 1.29 is 19.0 Å². The van der Waals surface area contributed by atoms with Crippen molar-refractivity contribution in [2.24, 2.45) is 58.2 Å². The van der Waals surface area contributed by atoms with E-state index >= 15 is 0 Å². The van der Waals surface area contributed by atoms with Crippen molar-refractivity contribution in [1.82, 2.24) is 0 Å². The second kappa shape index (κ2) is 8.45. The number of ether oxygens (including phenoxy) is 3. The van der Waals surface area contributed by atoms with Gasteiger partial charge in [0.05, 0.1) is 18.6 Å². The molecule has 6 fully saturated rings. The molecule has 2 saturated heterocycles. The third kappa shape index (κ3) is 3.62. The summed E-state index contributed by atoms with van der Waals surface area (Å²) in [7, 11) is 0. The van der Waals surface area contributed by atoms with Gasteiger partial charge in [0.2, 0.25) is 0 Å². The molecule has 0 aromatic heterocycles. The third-order valence-electron chi connectivity index (χ3n) is 12.6. The first-order valence-corrected chi connectivity index (χ1v) is 15.1. The number of hydrogen-bond acceptors (Lipinski definition) is 4. The monoisotopic (exact) mass is 486 g/mol. The average Bonchev–Trinajstić information content (AvgIpc) is 3.26. The van der Waals surface area contributed by atoms with Crippen molar-refractivity contribution in [3.8, 4) is 0 Å². The molecule has 198 valence electrons. The fourth-order valence-corrected chi connectivity index (χ4v) is 10.6. The van der Waals surface area contributed by atoms with Crippen LogP contribution >= 0.6 is 0 Å². The van der Waals surface area contributed by atoms with E-state index in [0.717, 1.165) is 43.6 Å². The molecule has 6 aliphatic rings. The van der Waals surface area contributed by atoms with Crippen LogP contribution in [0.2, 0.25) is 0 Å². The van der Waals surface area contributed by atoms with Gasteiger partial charge in [0.1, 0.15) is 6.10 Å². The molecular weight excluding hydrogens is 436 g/mol. The Morgan fingerprint density at radius 3 is 2.40 bits per heavy atom. The summed E-state index contributed by atoms with van der Waals surface area (Å²) in [5, 5.41) is 0. The molecule has 6 rings (SSSR count). The maximum Gasteiger partial charge on any atom is 0.308 e. The van der Waals surface area contributed by atoms with E-state index in [1.54, 1.807) is 0 Å². The number of fused-ring (bicyclic) bond motifs is 7. The highest BCUT2D eigenvalue weighted by Crippen LogP contribution is 2.71. The van der Waals surface area contributed by atoms with Crippen LogP contribution in [0.25, 0.3) is 0 Å². The Labute approximate surface area is 213 Å². The Hall–Kier alpha value is -0.610. The largest absolute Gasteiger partial charge is 0.462 e. The van der Waals surface area contributed by atoms with E-state index in [9.17, 15) is 4.79 Å². The van der Waals surface area contributed by atoms with E-state index in [0.29, 0.717) is 40.6 Å². The molecule has 4 aliphatic carbocycles. The van der Waals surface area contributed by atoms with Gasteiger partial charge in [0.25, 0.3) is 0 Å². The molecule has 0 radical (unpaired) electrons. The van der Waals surface area contributed by atoms with Gasteiger partial charge in [-0.25, -0.2) is 0 Å². The van der Waals surface area contributed by atoms with E-state index < -0.39 is 0 Å². The second-order valence-corrected chi connectivity index (χ2v) is 14.7. The van der Waals surface area contributed by atoms with E-state index in [2.05, 4.69) is 27.7 Å². The van der Waals surface area contributed by atoms with Crippen molar-refractivity contribution >= 4 is 5.97 Å². The van der Waals surface area contributed by atoms with Crippen molar-refractivity contribution in [2.45, 2.75) is 124 Å². The molecule has 4 nitrogen and oxygen atoms in total. The fraction of sp³-hybridized carbons (Fsp3) is 0.968. The Morgan fingerprint density at radius 2 is 1.69 bits per heavy atom. The summed E-state index contributed by atoms with van der Waals surface area (Å²) in [6.07, 6.45) is 12.9. The normalized spacial score (nSPS) is 55.2. The van der Waals surface area contributed by atoms with Gasteiger partial charge in [-0.3, -0.25) is 4.79 Å². The molecule has 12 atom stereocenters. The van der Waals surface area contributed by atoms with Crippen molar-refractivity contribution in [2.75, 3.05) is 6.61 Å². The summed E-state index contributed by atoms with van der Waals surface area (Å²) in [5.74, 6) is 4.66. The number of carbonyl (C=O) groups excluding carboxylic acids is 1. The van der Waals surface area contributed by atoms with Gasteiger partial charge in [-0.2, -0.15) is 0 Å². The maximum atomic E-state index is 12.2. The van der Waals surface area contributed by atoms with Gasteiger partial charge in [-0.05, 0) is 104 Å². The molecule has 0 aromatic rings. The fourth-order valence-electron chi connectivity index (χ4n) is 10.6. The van der Waals surface area contributed by atoms with Gasteiger partial charge in [0.15, 0.2) is 5.79 Å². The quantitative estimate of drug-likeness (QED) is 0.394. The van der Waals surface area contributed by atoms with Gasteiger partial charge in [-0.1, -0.05) is 41.5 Å². The lowest BCUT2D eigenvalue weighted by Gasteiger charge is -2.61. The van der Waals surface area contributed by atoms with Crippen LogP contribution in [0.5, 0.6) is 0 Å². The number of esters is 1. The molecule has 0 amide bonds. The number of rotatable bonds is 2. The molecule has 2 heterocycles. The van der Waals surface area contributed by atoms with E-state index in [4.69, 9.17) is 14.2 Å². The van der Waals surface area contributed by atoms with Gasteiger partial charge in [-0.15, -0.1) is 0 Å². The predicted octanol–water partition coefficient (Wildman–Crippen LogP) is 7.00. The summed E-state index contributed by atoms with van der Waals surface area (Å²) in [4.78, 5) is 12.2. The van der Waals surface area contributed by atoms with Crippen molar-refractivity contribution in [3.63, 3.8) is 0 Å². The zero-order valence-corrected chi connectivity index (χ0v) is 23.2. The highest BCUT2D eigenvalue weighted by Gasteiger charge is 2.69. The minimum Gasteiger partial charge on any atom is -0.462 e. The molecule has 4 heteroatoms. The van der Waals surface area contributed by atoms with Crippen LogP contribution in [0, 0.1) is 58.2 Å². The molecule has 7 unspecified atom stereocenters. The molecule has 1 spiro atoms. The van der Waals surface area contributed by atoms with Crippen LogP contribution in [0.3, 0.4) is 0 Å². The van der Waals surface area contributed by atoms with Crippen LogP contribution < -0.4 is 0 Å². The van der Waals surface area contributed by atoms with E-state index in [-0.39, 0.29) is 23.8 Å². The summed E-state index contributed by atoms with van der Waals surface area (Å²) < 4.78 is 19.4. The van der Waals surface area contributed by atoms with Crippen molar-refractivity contribution in [3.05, 3.63) is 0 Å². The molecule has 4 saturated carbocycles. The Kier molecular flexibility index (Phi) is 5.97. The molecule has 0 bridgehead atoms. The molecule has 0 N–H and O–H groups in total. The summed E-state index contributed by atoms with van der Waals surface area (Å²) in [6, 6.07) is 0. The SMILES string of the molecule is CC(C)C(=O)O[C@H]1CC[C@@]2(C)C(CCC3C2CC[C@@]2(C)C3CC3O[C@]4(CC[C@@H](C)CO4)C(C)C32)C1. The summed E-state index contributed by atoms with van der Waals surface area (Å²) in [6.45, 7) is 14.8. The van der Waals surface area contributed by atoms with Gasteiger partial charge < -0.3 is 14.2 Å². The first kappa shape index (κ1) is 24.7. The summed E-state index contributed by atoms with van der Waals surface area (Å²) in [5.41, 5.74) is 0.813. The zero-order valence-electron chi connectivity index (χ0n) is 23.2. The Bertz CT molecular complexity index is 830. The third-order valence-corrected chi connectivity index (χ3v) is 12.6.